The van der Waals surface area contributed by atoms with Gasteiger partial charge in [-0.3, -0.25) is 4.79 Å². The molecule has 0 aliphatic carbocycles. The highest BCUT2D eigenvalue weighted by Crippen LogP contribution is 2.18. The average molecular weight is 270 g/mol. The number of aromatic nitrogens is 2. The van der Waals surface area contributed by atoms with Crippen molar-refractivity contribution in [3.8, 4) is 0 Å². The minimum absolute atomic E-state index is 0.0363. The van der Waals surface area contributed by atoms with Crippen LogP contribution in [0.3, 0.4) is 0 Å². The van der Waals surface area contributed by atoms with Gasteiger partial charge in [-0.2, -0.15) is 0 Å². The first-order valence-electron chi connectivity index (χ1n) is 6.48. The largest absolute Gasteiger partial charge is 0.360 e. The fourth-order valence-corrected chi connectivity index (χ4v) is 2.52. The number of amides is 1. The number of nitrogens with zero attached hydrogens (tertiary/aromatic N) is 3. The minimum atomic E-state index is -0.0363. The van der Waals surface area contributed by atoms with Crippen LogP contribution in [0.15, 0.2) is 0 Å². The fraction of sp³-hybridized carbons (Fsp3) is 0.750. The Hall–Kier alpha value is -1.17. The van der Waals surface area contributed by atoms with Crippen molar-refractivity contribution in [2.24, 2.45) is 0 Å². The molecule has 0 aromatic carbocycles. The van der Waals surface area contributed by atoms with Crippen LogP contribution in [0.4, 0.5) is 5.13 Å². The lowest BCUT2D eigenvalue weighted by molar-refractivity contribution is 0.0722. The molecule has 0 spiro atoms. The van der Waals surface area contributed by atoms with E-state index in [1.807, 2.05) is 7.05 Å². The number of hydrogen-bond acceptors (Lipinski definition) is 5. The summed E-state index contributed by atoms with van der Waals surface area (Å²) in [6, 6.07) is 0.272. The Labute approximate surface area is 113 Å². The topological polar surface area (TPSA) is 58.1 Å². The second-order valence-corrected chi connectivity index (χ2v) is 5.20. The molecule has 6 heteroatoms. The summed E-state index contributed by atoms with van der Waals surface area (Å²) < 4.78 is 0. The molecule has 102 valence electrons. The van der Waals surface area contributed by atoms with Crippen molar-refractivity contribution in [3.05, 3.63) is 5.01 Å². The molecule has 1 N–H and O–H groups in total. The van der Waals surface area contributed by atoms with Crippen molar-refractivity contribution in [1.29, 1.82) is 0 Å². The van der Waals surface area contributed by atoms with Crippen molar-refractivity contribution in [2.75, 3.05) is 18.9 Å². The summed E-state index contributed by atoms with van der Waals surface area (Å²) >= 11 is 1.32. The van der Waals surface area contributed by atoms with Gasteiger partial charge in [0.05, 0.1) is 0 Å². The number of carbonyl (C=O) groups is 1. The van der Waals surface area contributed by atoms with Crippen molar-refractivity contribution in [3.63, 3.8) is 0 Å². The molecule has 0 atom stereocenters. The third-order valence-corrected chi connectivity index (χ3v) is 3.81. The number of nitrogens with one attached hydrogen (secondary N) is 1. The average Bonchev–Trinajstić information content (AvgIpc) is 2.85. The zero-order chi connectivity index (χ0) is 13.5. The van der Waals surface area contributed by atoms with Crippen LogP contribution in [-0.2, 0) is 0 Å². The van der Waals surface area contributed by atoms with Gasteiger partial charge in [-0.05, 0) is 19.3 Å². The van der Waals surface area contributed by atoms with Gasteiger partial charge in [0.15, 0.2) is 0 Å². The highest BCUT2D eigenvalue weighted by Gasteiger charge is 2.21. The molecule has 0 fully saturated rings. The first kappa shape index (κ1) is 14.9. The number of carbonyl (C=O) groups excluding carboxylic acids is 1. The fourth-order valence-electron chi connectivity index (χ4n) is 1.77. The zero-order valence-electron chi connectivity index (χ0n) is 11.6. The van der Waals surface area contributed by atoms with Gasteiger partial charge in [0.2, 0.25) is 10.1 Å². The van der Waals surface area contributed by atoms with Crippen molar-refractivity contribution in [2.45, 2.75) is 46.1 Å². The highest BCUT2D eigenvalue weighted by atomic mass is 32.1. The van der Waals surface area contributed by atoms with E-state index in [-0.39, 0.29) is 11.9 Å². The highest BCUT2D eigenvalue weighted by molar-refractivity contribution is 7.17. The summed E-state index contributed by atoms with van der Waals surface area (Å²) in [4.78, 5) is 14.0. The first-order chi connectivity index (χ1) is 8.63. The Kier molecular flexibility index (Phi) is 6.04. The van der Waals surface area contributed by atoms with Crippen LogP contribution in [0.5, 0.6) is 0 Å². The lowest BCUT2D eigenvalue weighted by atomic mass is 10.1. The van der Waals surface area contributed by atoms with E-state index in [1.54, 1.807) is 4.90 Å². The van der Waals surface area contributed by atoms with E-state index >= 15 is 0 Å². The Morgan fingerprint density at radius 3 is 2.56 bits per heavy atom. The van der Waals surface area contributed by atoms with Crippen LogP contribution >= 0.6 is 11.3 Å². The summed E-state index contributed by atoms with van der Waals surface area (Å²) in [5, 5.41) is 12.3. The predicted molar refractivity (Wildman–Crippen MR) is 75.2 cm³/mol. The van der Waals surface area contributed by atoms with Gasteiger partial charge in [-0.25, -0.2) is 0 Å². The molecule has 0 bridgehead atoms. The molecule has 0 unspecified atom stereocenters. The van der Waals surface area contributed by atoms with E-state index in [2.05, 4.69) is 36.3 Å². The lowest BCUT2D eigenvalue weighted by Gasteiger charge is -2.24. The molecule has 0 aliphatic heterocycles. The van der Waals surface area contributed by atoms with E-state index in [0.717, 1.165) is 30.9 Å². The number of anilines is 1. The maximum Gasteiger partial charge on any atom is 0.284 e. The van der Waals surface area contributed by atoms with Crippen molar-refractivity contribution < 1.29 is 4.79 Å². The maximum absolute atomic E-state index is 12.2. The monoisotopic (exact) mass is 270 g/mol. The Morgan fingerprint density at radius 2 is 2.00 bits per heavy atom. The minimum Gasteiger partial charge on any atom is -0.360 e. The number of hydrogen-bond donors (Lipinski definition) is 1. The smallest absolute Gasteiger partial charge is 0.284 e. The Balaban J connectivity index is 2.68. The molecule has 1 amide bonds. The van der Waals surface area contributed by atoms with E-state index in [4.69, 9.17) is 0 Å². The van der Waals surface area contributed by atoms with Gasteiger partial charge in [0.1, 0.15) is 0 Å². The molecular formula is C12H22N4OS. The zero-order valence-corrected chi connectivity index (χ0v) is 12.4. The lowest BCUT2D eigenvalue weighted by Crippen LogP contribution is -2.36. The van der Waals surface area contributed by atoms with Gasteiger partial charge in [0.25, 0.3) is 5.91 Å². The summed E-state index contributed by atoms with van der Waals surface area (Å²) in [5.74, 6) is -0.0363. The van der Waals surface area contributed by atoms with Crippen LogP contribution in [0.25, 0.3) is 0 Å². The first-order valence-corrected chi connectivity index (χ1v) is 7.30. The van der Waals surface area contributed by atoms with Gasteiger partial charge in [0, 0.05) is 19.6 Å². The van der Waals surface area contributed by atoms with Crippen molar-refractivity contribution >= 4 is 22.4 Å². The van der Waals surface area contributed by atoms with Gasteiger partial charge in [-0.1, -0.05) is 32.1 Å². The molecule has 1 heterocycles. The number of rotatable bonds is 7. The molecule has 0 aliphatic rings. The Morgan fingerprint density at radius 1 is 1.33 bits per heavy atom. The summed E-state index contributed by atoms with van der Waals surface area (Å²) in [7, 11) is 1.83. The normalized spacial score (nSPS) is 10.7. The van der Waals surface area contributed by atoms with Gasteiger partial charge < -0.3 is 10.2 Å². The van der Waals surface area contributed by atoms with Crippen LogP contribution < -0.4 is 5.32 Å². The summed E-state index contributed by atoms with van der Waals surface area (Å²) in [6.07, 6.45) is 2.94. The van der Waals surface area contributed by atoms with Gasteiger partial charge in [-0.15, -0.1) is 10.2 Å². The molecule has 18 heavy (non-hydrogen) atoms. The van der Waals surface area contributed by atoms with E-state index < -0.39 is 0 Å². The molecule has 0 saturated carbocycles. The van der Waals surface area contributed by atoms with Crippen LogP contribution in [0.2, 0.25) is 0 Å². The van der Waals surface area contributed by atoms with E-state index in [0.29, 0.717) is 5.01 Å². The third-order valence-electron chi connectivity index (χ3n) is 2.94. The molecular weight excluding hydrogens is 248 g/mol. The van der Waals surface area contributed by atoms with Crippen molar-refractivity contribution in [1.82, 2.24) is 15.1 Å². The summed E-state index contributed by atoms with van der Waals surface area (Å²) in [6.45, 7) is 7.12. The Bertz CT molecular complexity index is 376. The van der Waals surface area contributed by atoms with Gasteiger partial charge >= 0.3 is 0 Å². The molecule has 5 nitrogen and oxygen atoms in total. The maximum atomic E-state index is 12.2. The standard InChI is InChI=1S/C12H22N4OS/c1-5-8-13-12-15-14-10(18-12)11(17)16(4)9(6-2)7-3/h9H,5-8H2,1-4H3,(H,13,15). The van der Waals surface area contributed by atoms with E-state index in [9.17, 15) is 4.79 Å². The van der Waals surface area contributed by atoms with E-state index in [1.165, 1.54) is 11.3 Å². The molecule has 0 saturated heterocycles. The molecule has 0 radical (unpaired) electrons. The van der Waals surface area contributed by atoms with Crippen LogP contribution in [-0.4, -0.2) is 40.6 Å². The third kappa shape index (κ3) is 3.66. The quantitative estimate of drug-likeness (QED) is 0.827. The second-order valence-electron chi connectivity index (χ2n) is 4.23. The van der Waals surface area contributed by atoms with Crippen LogP contribution in [0, 0.1) is 0 Å². The SMILES string of the molecule is CCCNc1nnc(C(=O)N(C)C(CC)CC)s1. The molecule has 1 rings (SSSR count). The molecule has 1 aromatic heterocycles. The molecule has 1 aromatic rings. The van der Waals surface area contributed by atoms with Crippen LogP contribution in [0.1, 0.15) is 49.8 Å². The summed E-state index contributed by atoms with van der Waals surface area (Å²) in [5.41, 5.74) is 0. The predicted octanol–water partition coefficient (Wildman–Crippen LogP) is 2.62. The second kappa shape index (κ2) is 7.31.